The number of hydrogen-bond acceptors (Lipinski definition) is 10. The van der Waals surface area contributed by atoms with Gasteiger partial charge in [0.15, 0.2) is 6.10 Å². The summed E-state index contributed by atoms with van der Waals surface area (Å²) in [5, 5.41) is 10.9. The van der Waals surface area contributed by atoms with Gasteiger partial charge < -0.3 is 33.5 Å². The lowest BCUT2D eigenvalue weighted by atomic mass is 9.91. The van der Waals surface area contributed by atoms with E-state index in [9.17, 15) is 59.0 Å². The summed E-state index contributed by atoms with van der Waals surface area (Å²) in [5.41, 5.74) is -16.2. The highest BCUT2D eigenvalue weighted by molar-refractivity contribution is 5.84. The number of carbonyl (C=O) groups excluding carboxylic acids is 3. The van der Waals surface area contributed by atoms with Gasteiger partial charge in [-0.25, -0.2) is 14.4 Å². The summed E-state index contributed by atoms with van der Waals surface area (Å²) < 4.78 is 162. The molecular formula is C40H41F9O10. The van der Waals surface area contributed by atoms with Gasteiger partial charge in [-0.3, -0.25) is 0 Å². The molecule has 0 spiro atoms. The Hall–Kier alpha value is -4.98. The minimum absolute atomic E-state index is 0.400. The second kappa shape index (κ2) is 18.5. The van der Waals surface area contributed by atoms with E-state index in [0.29, 0.717) is 21.3 Å². The number of carbonyl (C=O) groups is 3. The van der Waals surface area contributed by atoms with Crippen LogP contribution in [0.25, 0.3) is 0 Å². The van der Waals surface area contributed by atoms with E-state index in [4.69, 9.17) is 23.7 Å². The number of benzene rings is 3. The molecule has 3 aromatic rings. The summed E-state index contributed by atoms with van der Waals surface area (Å²) in [6.07, 6.45) is -20.4. The van der Waals surface area contributed by atoms with Crippen LogP contribution in [0, 0.1) is 0 Å². The SMILES string of the molecule is CO[C@@](C(=O)OC[C@H](OC(=O)[C@](OC)(c1ccccc1)C(F)(F)F)/C(C)=C/C[C@H](OC(=O)[C@](OC)(c1ccccc1)C(F)(F)F)C(C)(C)O)(c1ccccc1)C(F)(F)F. The number of methoxy groups -OCH3 is 3. The first-order valence-electron chi connectivity index (χ1n) is 17.3. The lowest BCUT2D eigenvalue weighted by Gasteiger charge is -2.36. The Morgan fingerprint density at radius 2 is 0.898 bits per heavy atom. The molecule has 0 unspecified atom stereocenters. The Labute approximate surface area is 332 Å². The summed E-state index contributed by atoms with van der Waals surface area (Å²) in [6.45, 7) is 1.72. The monoisotopic (exact) mass is 852 g/mol. The van der Waals surface area contributed by atoms with Crippen molar-refractivity contribution >= 4 is 17.9 Å². The molecule has 0 aliphatic rings. The van der Waals surface area contributed by atoms with Crippen molar-refractivity contribution in [1.82, 2.24) is 0 Å². The van der Waals surface area contributed by atoms with E-state index in [1.165, 1.54) is 30.3 Å². The summed E-state index contributed by atoms with van der Waals surface area (Å²) in [5.74, 6) is -6.33. The van der Waals surface area contributed by atoms with E-state index in [1.54, 1.807) is 0 Å². The Balaban J connectivity index is 2.13. The maximum absolute atomic E-state index is 14.8. The average molecular weight is 853 g/mol. The standard InChI is InChI=1S/C40H41F9O10/c1-25(22-23-30(34(2,3)53)59-33(52)37(56-6,40(47,48)49)28-20-14-9-15-21-28)29(58-32(51)36(55-5,39(44,45)46)27-18-12-8-13-19-27)24-57-31(50)35(54-4,38(41,42)43)26-16-10-7-11-17-26/h7-22,29-30,53H,23-24H2,1-6H3/b25-22+/t29-,30-,35+,36+,37+/m0/s1. The van der Waals surface area contributed by atoms with Crippen LogP contribution in [0.5, 0.6) is 0 Å². The van der Waals surface area contributed by atoms with Crippen LogP contribution in [-0.4, -0.2) is 87.3 Å². The number of alkyl halides is 9. The predicted octanol–water partition coefficient (Wildman–Crippen LogP) is 7.77. The van der Waals surface area contributed by atoms with E-state index < -0.39 is 106 Å². The molecule has 0 radical (unpaired) electrons. The summed E-state index contributed by atoms with van der Waals surface area (Å²) in [4.78, 5) is 40.5. The van der Waals surface area contributed by atoms with Crippen molar-refractivity contribution in [3.8, 4) is 0 Å². The molecule has 0 fully saturated rings. The Morgan fingerprint density at radius 3 is 1.20 bits per heavy atom. The molecule has 19 heteroatoms. The van der Waals surface area contributed by atoms with Crippen molar-refractivity contribution in [1.29, 1.82) is 0 Å². The van der Waals surface area contributed by atoms with Crippen molar-refractivity contribution in [2.45, 2.75) is 80.3 Å². The first-order valence-corrected chi connectivity index (χ1v) is 17.3. The molecule has 0 aliphatic heterocycles. The predicted molar refractivity (Wildman–Crippen MR) is 189 cm³/mol. The molecule has 0 bridgehead atoms. The van der Waals surface area contributed by atoms with E-state index in [1.807, 2.05) is 0 Å². The van der Waals surface area contributed by atoms with Crippen LogP contribution in [0.15, 0.2) is 103 Å². The number of ether oxygens (including phenoxy) is 6. The average Bonchev–Trinajstić information content (AvgIpc) is 3.15. The first kappa shape index (κ1) is 48.4. The summed E-state index contributed by atoms with van der Waals surface area (Å²) in [6, 6.07) is 16.4. The van der Waals surface area contributed by atoms with Crippen LogP contribution >= 0.6 is 0 Å². The lowest BCUT2D eigenvalue weighted by molar-refractivity contribution is -0.281. The van der Waals surface area contributed by atoms with Crippen molar-refractivity contribution in [2.75, 3.05) is 27.9 Å². The Morgan fingerprint density at radius 1 is 0.576 bits per heavy atom. The highest BCUT2D eigenvalue weighted by atomic mass is 19.4. The minimum Gasteiger partial charge on any atom is -0.459 e. The van der Waals surface area contributed by atoms with Gasteiger partial charge >= 0.3 is 36.4 Å². The van der Waals surface area contributed by atoms with Gasteiger partial charge in [-0.15, -0.1) is 0 Å². The zero-order valence-electron chi connectivity index (χ0n) is 32.3. The third kappa shape index (κ3) is 9.74. The first-order chi connectivity index (χ1) is 27.3. The van der Waals surface area contributed by atoms with Crippen LogP contribution in [0.3, 0.4) is 0 Å². The Bertz CT molecular complexity index is 1900. The number of aliphatic hydroxyl groups is 1. The number of hydrogen-bond donors (Lipinski definition) is 1. The summed E-state index contributed by atoms with van der Waals surface area (Å²) >= 11 is 0. The minimum atomic E-state index is -5.54. The highest BCUT2D eigenvalue weighted by Gasteiger charge is 2.66. The zero-order valence-corrected chi connectivity index (χ0v) is 32.3. The van der Waals surface area contributed by atoms with Crippen LogP contribution < -0.4 is 0 Å². The molecular weight excluding hydrogens is 811 g/mol. The van der Waals surface area contributed by atoms with Crippen LogP contribution in [0.2, 0.25) is 0 Å². The fourth-order valence-corrected chi connectivity index (χ4v) is 6.00. The normalized spacial score (nSPS) is 17.1. The van der Waals surface area contributed by atoms with Gasteiger partial charge in [0, 0.05) is 44.4 Å². The molecule has 0 saturated carbocycles. The van der Waals surface area contributed by atoms with Crippen molar-refractivity contribution in [2.24, 2.45) is 0 Å². The molecule has 10 nitrogen and oxygen atoms in total. The van der Waals surface area contributed by atoms with Crippen molar-refractivity contribution in [3.05, 3.63) is 119 Å². The van der Waals surface area contributed by atoms with Gasteiger partial charge in [0.2, 0.25) is 0 Å². The maximum atomic E-state index is 14.8. The number of halogens is 9. The number of rotatable bonds is 17. The van der Waals surface area contributed by atoms with Gasteiger partial charge in [-0.05, 0) is 26.3 Å². The van der Waals surface area contributed by atoms with E-state index in [-0.39, 0.29) is 0 Å². The zero-order chi connectivity index (χ0) is 44.7. The molecule has 0 saturated heterocycles. The third-order valence-corrected chi connectivity index (χ3v) is 9.33. The molecule has 3 aromatic carbocycles. The maximum Gasteiger partial charge on any atom is 0.432 e. The van der Waals surface area contributed by atoms with E-state index in [2.05, 4.69) is 4.74 Å². The largest absolute Gasteiger partial charge is 0.459 e. The molecule has 59 heavy (non-hydrogen) atoms. The quantitative estimate of drug-likeness (QED) is 0.0623. The van der Waals surface area contributed by atoms with Crippen molar-refractivity contribution in [3.63, 3.8) is 0 Å². The molecule has 0 amide bonds. The fraction of sp³-hybridized carbons (Fsp3) is 0.425. The summed E-state index contributed by atoms with van der Waals surface area (Å²) in [7, 11) is 1.68. The van der Waals surface area contributed by atoms with Crippen LogP contribution in [0.4, 0.5) is 39.5 Å². The fourth-order valence-electron chi connectivity index (χ4n) is 6.00. The molecule has 0 heterocycles. The van der Waals surface area contributed by atoms with E-state index >= 15 is 0 Å². The second-order valence-electron chi connectivity index (χ2n) is 13.5. The van der Waals surface area contributed by atoms with Gasteiger partial charge in [0.05, 0.1) is 5.60 Å². The second-order valence-corrected chi connectivity index (χ2v) is 13.5. The Kier molecular flexibility index (Phi) is 15.2. The molecule has 1 N–H and O–H groups in total. The van der Waals surface area contributed by atoms with E-state index in [0.717, 1.165) is 87.5 Å². The lowest BCUT2D eigenvalue weighted by Crippen LogP contribution is -2.54. The number of esters is 3. The van der Waals surface area contributed by atoms with Gasteiger partial charge in [-0.1, -0.05) is 97.1 Å². The smallest absolute Gasteiger partial charge is 0.432 e. The topological polar surface area (TPSA) is 127 Å². The molecule has 5 atom stereocenters. The highest BCUT2D eigenvalue weighted by Crippen LogP contribution is 2.46. The molecule has 324 valence electrons. The van der Waals surface area contributed by atoms with Gasteiger partial charge in [-0.2, -0.15) is 39.5 Å². The third-order valence-electron chi connectivity index (χ3n) is 9.33. The van der Waals surface area contributed by atoms with Gasteiger partial charge in [0.1, 0.15) is 12.7 Å². The van der Waals surface area contributed by atoms with Crippen LogP contribution in [-0.2, 0) is 59.6 Å². The molecule has 0 aliphatic carbocycles. The van der Waals surface area contributed by atoms with Gasteiger partial charge in [0.25, 0.3) is 16.8 Å². The molecule has 3 rings (SSSR count). The van der Waals surface area contributed by atoms with Crippen molar-refractivity contribution < 1.29 is 87.4 Å². The van der Waals surface area contributed by atoms with Crippen LogP contribution in [0.1, 0.15) is 43.9 Å². The molecule has 0 aromatic heterocycles.